The normalized spacial score (nSPS) is 44.0. The summed E-state index contributed by atoms with van der Waals surface area (Å²) in [6, 6.07) is 0. The molecule has 3 atom stereocenters. The van der Waals surface area contributed by atoms with Gasteiger partial charge in [0.05, 0.1) is 5.41 Å². The van der Waals surface area contributed by atoms with Gasteiger partial charge in [-0.3, -0.25) is 4.79 Å². The lowest BCUT2D eigenvalue weighted by Gasteiger charge is -2.30. The van der Waals surface area contributed by atoms with Gasteiger partial charge in [-0.2, -0.15) is 0 Å². The number of allylic oxidation sites excluding steroid dienone is 3. The predicted octanol–water partition coefficient (Wildman–Crippen LogP) is 2.34. The van der Waals surface area contributed by atoms with E-state index in [1.807, 2.05) is 6.92 Å². The minimum absolute atomic E-state index is 0.251. The third-order valence-corrected chi connectivity index (χ3v) is 3.67. The van der Waals surface area contributed by atoms with Gasteiger partial charge in [-0.05, 0) is 32.1 Å². The molecule has 0 N–H and O–H groups in total. The summed E-state index contributed by atoms with van der Waals surface area (Å²) in [5.41, 5.74) is 0.877. The molecule has 0 radical (unpaired) electrons. The van der Waals surface area contributed by atoms with Gasteiger partial charge in [-0.25, -0.2) is 0 Å². The van der Waals surface area contributed by atoms with E-state index in [0.29, 0.717) is 11.8 Å². The average molecular weight is 162 g/mol. The lowest BCUT2D eigenvalue weighted by Crippen LogP contribution is -2.31. The molecule has 0 heterocycles. The highest BCUT2D eigenvalue weighted by atomic mass is 16.1. The first-order valence-electron chi connectivity index (χ1n) is 4.45. The fourth-order valence-electron chi connectivity index (χ4n) is 2.50. The summed E-state index contributed by atoms with van der Waals surface area (Å²) in [6.07, 6.45) is 5.48. The zero-order valence-electron chi connectivity index (χ0n) is 7.63. The van der Waals surface area contributed by atoms with E-state index in [0.717, 1.165) is 12.0 Å². The predicted molar refractivity (Wildman–Crippen MR) is 48.7 cm³/mol. The molecule has 2 aliphatic rings. The first kappa shape index (κ1) is 7.78. The molecular formula is C11H14O. The van der Waals surface area contributed by atoms with Crippen LogP contribution in [-0.4, -0.2) is 5.78 Å². The molecule has 0 aromatic carbocycles. The maximum Gasteiger partial charge on any atom is 0.140 e. The number of hydrogen-bond acceptors (Lipinski definition) is 1. The van der Waals surface area contributed by atoms with Crippen LogP contribution in [-0.2, 0) is 4.79 Å². The smallest absolute Gasteiger partial charge is 0.140 e. The molecule has 64 valence electrons. The summed E-state index contributed by atoms with van der Waals surface area (Å²) in [5, 5.41) is 0. The number of carbonyl (C=O) groups is 1. The van der Waals surface area contributed by atoms with Gasteiger partial charge in [0.25, 0.3) is 0 Å². The number of rotatable bonds is 1. The van der Waals surface area contributed by atoms with Crippen LogP contribution >= 0.6 is 0 Å². The Bertz CT molecular complexity index is 287. The number of Topliss-reactive ketones (excluding diaryl/α,β-unsaturated/α-hetero) is 1. The molecule has 1 saturated carbocycles. The van der Waals surface area contributed by atoms with Crippen LogP contribution in [0.15, 0.2) is 24.3 Å². The molecule has 2 rings (SSSR count). The first-order valence-corrected chi connectivity index (χ1v) is 4.45. The highest BCUT2D eigenvalue weighted by molar-refractivity contribution is 5.87. The molecular weight excluding hydrogens is 148 g/mol. The van der Waals surface area contributed by atoms with Crippen molar-refractivity contribution < 1.29 is 4.79 Å². The highest BCUT2D eigenvalue weighted by Crippen LogP contribution is 2.55. The van der Waals surface area contributed by atoms with Gasteiger partial charge in [0.1, 0.15) is 5.78 Å². The Balaban J connectivity index is 2.46. The molecule has 0 spiro atoms. The molecule has 12 heavy (non-hydrogen) atoms. The van der Waals surface area contributed by atoms with E-state index in [1.165, 1.54) is 0 Å². The molecule has 0 aromatic rings. The monoisotopic (exact) mass is 162 g/mol. The Morgan fingerprint density at radius 2 is 2.33 bits per heavy atom. The van der Waals surface area contributed by atoms with Crippen LogP contribution in [0, 0.1) is 17.3 Å². The van der Waals surface area contributed by atoms with Gasteiger partial charge in [0.2, 0.25) is 0 Å². The van der Waals surface area contributed by atoms with E-state index in [4.69, 9.17) is 0 Å². The maximum absolute atomic E-state index is 11.5. The molecule has 0 aliphatic heterocycles. The first-order chi connectivity index (χ1) is 5.56. The molecule has 1 nitrogen and oxygen atoms in total. The number of carbonyl (C=O) groups excluding carboxylic acids is 1. The second kappa shape index (κ2) is 2.09. The molecule has 1 heteroatoms. The van der Waals surface area contributed by atoms with Crippen LogP contribution in [0.2, 0.25) is 0 Å². The van der Waals surface area contributed by atoms with Crippen LogP contribution in [0.4, 0.5) is 0 Å². The Hall–Kier alpha value is -0.850. The fourth-order valence-corrected chi connectivity index (χ4v) is 2.50. The topological polar surface area (TPSA) is 17.1 Å². The minimum atomic E-state index is -0.251. The van der Waals surface area contributed by atoms with E-state index in [2.05, 4.69) is 18.7 Å². The van der Waals surface area contributed by atoms with Crippen molar-refractivity contribution >= 4 is 5.78 Å². The minimum Gasteiger partial charge on any atom is -0.299 e. The Labute approximate surface area is 73.2 Å². The van der Waals surface area contributed by atoms with Crippen LogP contribution in [0.5, 0.6) is 0 Å². The third-order valence-electron chi connectivity index (χ3n) is 3.67. The van der Waals surface area contributed by atoms with Gasteiger partial charge >= 0.3 is 0 Å². The van der Waals surface area contributed by atoms with Crippen LogP contribution < -0.4 is 0 Å². The van der Waals surface area contributed by atoms with Crippen LogP contribution in [0.1, 0.15) is 20.3 Å². The molecule has 0 saturated heterocycles. The van der Waals surface area contributed by atoms with Gasteiger partial charge in [-0.15, -0.1) is 0 Å². The summed E-state index contributed by atoms with van der Waals surface area (Å²) >= 11 is 0. The van der Waals surface area contributed by atoms with Crippen molar-refractivity contribution in [2.45, 2.75) is 20.3 Å². The molecule has 0 amide bonds. The third kappa shape index (κ3) is 0.669. The van der Waals surface area contributed by atoms with Gasteiger partial charge in [0.15, 0.2) is 0 Å². The zero-order valence-corrected chi connectivity index (χ0v) is 7.63. The number of fused-ring (bicyclic) bond motifs is 2. The SMILES string of the molecule is C=C1[C@@H]2C=C[C@@H](C2)[C@]1(C)C(C)=O. The van der Waals surface area contributed by atoms with E-state index in [-0.39, 0.29) is 11.2 Å². The largest absolute Gasteiger partial charge is 0.299 e. The Kier molecular flexibility index (Phi) is 1.36. The summed E-state index contributed by atoms with van der Waals surface area (Å²) < 4.78 is 0. The van der Waals surface area contributed by atoms with Crippen molar-refractivity contribution in [3.63, 3.8) is 0 Å². The van der Waals surface area contributed by atoms with Crippen molar-refractivity contribution in [2.24, 2.45) is 17.3 Å². The molecule has 0 aromatic heterocycles. The Morgan fingerprint density at radius 1 is 1.67 bits per heavy atom. The molecule has 0 unspecified atom stereocenters. The second-order valence-corrected chi connectivity index (χ2v) is 4.12. The van der Waals surface area contributed by atoms with E-state index in [1.54, 1.807) is 6.92 Å². The van der Waals surface area contributed by atoms with Gasteiger partial charge < -0.3 is 0 Å². The van der Waals surface area contributed by atoms with Crippen molar-refractivity contribution in [2.75, 3.05) is 0 Å². The lowest BCUT2D eigenvalue weighted by atomic mass is 9.72. The molecule has 2 bridgehead atoms. The van der Waals surface area contributed by atoms with E-state index < -0.39 is 0 Å². The van der Waals surface area contributed by atoms with Crippen molar-refractivity contribution in [3.05, 3.63) is 24.3 Å². The summed E-state index contributed by atoms with van der Waals surface area (Å²) in [5.74, 6) is 1.17. The second-order valence-electron chi connectivity index (χ2n) is 4.12. The summed E-state index contributed by atoms with van der Waals surface area (Å²) in [6.45, 7) is 7.75. The van der Waals surface area contributed by atoms with Crippen molar-refractivity contribution in [1.29, 1.82) is 0 Å². The zero-order chi connectivity index (χ0) is 8.93. The van der Waals surface area contributed by atoms with Crippen molar-refractivity contribution in [1.82, 2.24) is 0 Å². The standard InChI is InChI=1S/C11H14O/c1-7-9-4-5-10(6-9)11(7,3)8(2)12/h4-5,9-10H,1,6H2,2-3H3/t9-,10+,11+/m1/s1. The van der Waals surface area contributed by atoms with Gasteiger partial charge in [-0.1, -0.05) is 24.3 Å². The van der Waals surface area contributed by atoms with Gasteiger partial charge in [0, 0.05) is 0 Å². The fraction of sp³-hybridized carbons (Fsp3) is 0.545. The molecule has 2 aliphatic carbocycles. The summed E-state index contributed by atoms with van der Waals surface area (Å²) in [4.78, 5) is 11.5. The average Bonchev–Trinajstić information content (AvgIpc) is 2.55. The van der Waals surface area contributed by atoms with Crippen LogP contribution in [0.3, 0.4) is 0 Å². The summed E-state index contributed by atoms with van der Waals surface area (Å²) in [7, 11) is 0. The quantitative estimate of drug-likeness (QED) is 0.541. The lowest BCUT2D eigenvalue weighted by molar-refractivity contribution is -0.124. The maximum atomic E-state index is 11.5. The van der Waals surface area contributed by atoms with Crippen LogP contribution in [0.25, 0.3) is 0 Å². The number of hydrogen-bond donors (Lipinski definition) is 0. The van der Waals surface area contributed by atoms with E-state index >= 15 is 0 Å². The molecule has 1 fully saturated rings. The Morgan fingerprint density at radius 3 is 2.67 bits per heavy atom. The number of ketones is 1. The van der Waals surface area contributed by atoms with E-state index in [9.17, 15) is 4.79 Å². The van der Waals surface area contributed by atoms with Crippen molar-refractivity contribution in [3.8, 4) is 0 Å². The highest BCUT2D eigenvalue weighted by Gasteiger charge is 2.50.